The minimum Gasteiger partial charge on any atom is -0.344 e. The van der Waals surface area contributed by atoms with Crippen molar-refractivity contribution < 1.29 is 4.79 Å². The van der Waals surface area contributed by atoms with Gasteiger partial charge in [-0.2, -0.15) is 15.3 Å². The van der Waals surface area contributed by atoms with Crippen molar-refractivity contribution in [2.24, 2.45) is 0 Å². The van der Waals surface area contributed by atoms with Gasteiger partial charge in [0.15, 0.2) is 11.3 Å². The van der Waals surface area contributed by atoms with E-state index >= 15 is 0 Å². The van der Waals surface area contributed by atoms with Gasteiger partial charge in [0.05, 0.1) is 24.1 Å². The van der Waals surface area contributed by atoms with Crippen molar-refractivity contribution in [1.29, 1.82) is 0 Å². The van der Waals surface area contributed by atoms with Gasteiger partial charge in [-0.15, -0.1) is 0 Å². The van der Waals surface area contributed by atoms with E-state index < -0.39 is 0 Å². The fourth-order valence-corrected chi connectivity index (χ4v) is 3.78. The topological polar surface area (TPSA) is 94.9 Å². The number of rotatable bonds is 6. The highest BCUT2D eigenvalue weighted by molar-refractivity contribution is 5.93. The Morgan fingerprint density at radius 3 is 2.47 bits per heavy atom. The number of hydrogen-bond acceptors (Lipinski definition) is 5. The molecule has 1 amide bonds. The molecular weight excluding hydrogens is 380 g/mol. The maximum Gasteiger partial charge on any atom is 0.272 e. The molecule has 4 aromatic rings. The van der Waals surface area contributed by atoms with Crippen LogP contribution >= 0.6 is 0 Å². The maximum absolute atomic E-state index is 12.9. The summed E-state index contributed by atoms with van der Waals surface area (Å²) < 4.78 is 5.54. The van der Waals surface area contributed by atoms with Gasteiger partial charge in [0.2, 0.25) is 0 Å². The summed E-state index contributed by atoms with van der Waals surface area (Å²) in [6, 6.07) is 3.41. The number of fused-ring (bicyclic) bond motifs is 1. The number of aryl methyl sites for hydroxylation is 2. The predicted octanol–water partition coefficient (Wildman–Crippen LogP) is 2.94. The van der Waals surface area contributed by atoms with E-state index in [0.29, 0.717) is 11.3 Å². The van der Waals surface area contributed by atoms with Crippen molar-refractivity contribution >= 4 is 11.6 Å². The van der Waals surface area contributed by atoms with Crippen LogP contribution in [-0.2, 0) is 13.1 Å². The number of hydrogen-bond donors (Lipinski definition) is 1. The van der Waals surface area contributed by atoms with Crippen molar-refractivity contribution in [3.8, 4) is 11.3 Å². The van der Waals surface area contributed by atoms with Crippen LogP contribution in [0.3, 0.4) is 0 Å². The third kappa shape index (κ3) is 3.26. The summed E-state index contributed by atoms with van der Waals surface area (Å²) in [5.41, 5.74) is 5.85. The van der Waals surface area contributed by atoms with Gasteiger partial charge in [0.25, 0.3) is 5.91 Å². The van der Waals surface area contributed by atoms with E-state index in [1.165, 1.54) is 0 Å². The second-order valence-corrected chi connectivity index (χ2v) is 7.29. The SMILES string of the molecule is CCn1ncc(-c2ccnc3cc(C(=O)NC(C)c4cnn(CC)c4C)nn23)c1C. The first-order valence-electron chi connectivity index (χ1n) is 10.1. The number of carbonyl (C=O) groups excluding carboxylic acids is 1. The molecule has 9 heteroatoms. The molecule has 0 aromatic carbocycles. The van der Waals surface area contributed by atoms with E-state index in [0.717, 1.165) is 41.3 Å². The summed E-state index contributed by atoms with van der Waals surface area (Å²) in [6.45, 7) is 11.7. The summed E-state index contributed by atoms with van der Waals surface area (Å²) >= 11 is 0. The Labute approximate surface area is 174 Å². The lowest BCUT2D eigenvalue weighted by Gasteiger charge is -2.13. The molecular formula is C21H26N8O. The maximum atomic E-state index is 12.9. The highest BCUT2D eigenvalue weighted by Crippen LogP contribution is 2.24. The van der Waals surface area contributed by atoms with Gasteiger partial charge in [0, 0.05) is 47.9 Å². The van der Waals surface area contributed by atoms with Crippen molar-refractivity contribution in [2.75, 3.05) is 0 Å². The van der Waals surface area contributed by atoms with E-state index in [1.807, 2.05) is 49.3 Å². The average molecular weight is 406 g/mol. The summed E-state index contributed by atoms with van der Waals surface area (Å²) in [5, 5.41) is 16.3. The Morgan fingerprint density at radius 2 is 1.80 bits per heavy atom. The van der Waals surface area contributed by atoms with Crippen LogP contribution in [0.1, 0.15) is 54.3 Å². The first-order valence-corrected chi connectivity index (χ1v) is 10.1. The van der Waals surface area contributed by atoms with Crippen LogP contribution in [-0.4, -0.2) is 40.1 Å². The second-order valence-electron chi connectivity index (χ2n) is 7.29. The lowest BCUT2D eigenvalue weighted by Crippen LogP contribution is -2.27. The van der Waals surface area contributed by atoms with Crippen LogP contribution in [0, 0.1) is 13.8 Å². The van der Waals surface area contributed by atoms with E-state index in [9.17, 15) is 4.79 Å². The highest BCUT2D eigenvalue weighted by Gasteiger charge is 2.20. The molecule has 0 aliphatic heterocycles. The van der Waals surface area contributed by atoms with Crippen LogP contribution in [0.4, 0.5) is 0 Å². The lowest BCUT2D eigenvalue weighted by molar-refractivity contribution is 0.0934. The number of amides is 1. The van der Waals surface area contributed by atoms with Gasteiger partial charge in [-0.1, -0.05) is 0 Å². The molecule has 9 nitrogen and oxygen atoms in total. The molecule has 1 N–H and O–H groups in total. The number of aromatic nitrogens is 7. The molecule has 0 saturated carbocycles. The zero-order valence-electron chi connectivity index (χ0n) is 17.9. The molecule has 0 bridgehead atoms. The molecule has 1 unspecified atom stereocenters. The summed E-state index contributed by atoms with van der Waals surface area (Å²) in [6.07, 6.45) is 5.36. The van der Waals surface area contributed by atoms with E-state index in [4.69, 9.17) is 0 Å². The normalized spacial score (nSPS) is 12.4. The zero-order chi connectivity index (χ0) is 21.4. The fraction of sp³-hybridized carbons (Fsp3) is 0.381. The number of nitrogens with one attached hydrogen (secondary N) is 1. The van der Waals surface area contributed by atoms with Crippen molar-refractivity contribution in [3.05, 3.63) is 53.4 Å². The Morgan fingerprint density at radius 1 is 1.10 bits per heavy atom. The Hall–Kier alpha value is -3.49. The van der Waals surface area contributed by atoms with Crippen LogP contribution in [0.15, 0.2) is 30.7 Å². The Kier molecular flexibility index (Phi) is 5.11. The summed E-state index contributed by atoms with van der Waals surface area (Å²) in [7, 11) is 0. The van der Waals surface area contributed by atoms with Crippen molar-refractivity contribution in [1.82, 2.24) is 39.5 Å². The van der Waals surface area contributed by atoms with Crippen LogP contribution < -0.4 is 5.32 Å². The summed E-state index contributed by atoms with van der Waals surface area (Å²) in [5.74, 6) is -0.247. The molecule has 0 aliphatic carbocycles. The summed E-state index contributed by atoms with van der Waals surface area (Å²) in [4.78, 5) is 17.3. The zero-order valence-corrected chi connectivity index (χ0v) is 17.9. The predicted molar refractivity (Wildman–Crippen MR) is 113 cm³/mol. The minimum atomic E-state index is -0.247. The highest BCUT2D eigenvalue weighted by atomic mass is 16.2. The van der Waals surface area contributed by atoms with E-state index in [2.05, 4.69) is 32.5 Å². The average Bonchev–Trinajstić information content (AvgIpc) is 3.43. The first kappa shape index (κ1) is 19.8. The third-order valence-electron chi connectivity index (χ3n) is 5.52. The molecule has 0 radical (unpaired) electrons. The Balaban J connectivity index is 1.64. The minimum absolute atomic E-state index is 0.180. The third-order valence-corrected chi connectivity index (χ3v) is 5.52. The van der Waals surface area contributed by atoms with Gasteiger partial charge >= 0.3 is 0 Å². The van der Waals surface area contributed by atoms with Gasteiger partial charge in [0.1, 0.15) is 0 Å². The molecule has 0 spiro atoms. The van der Waals surface area contributed by atoms with Crippen molar-refractivity contribution in [3.63, 3.8) is 0 Å². The fourth-order valence-electron chi connectivity index (χ4n) is 3.78. The largest absolute Gasteiger partial charge is 0.344 e. The molecule has 0 saturated heterocycles. The quantitative estimate of drug-likeness (QED) is 0.531. The second kappa shape index (κ2) is 7.74. The van der Waals surface area contributed by atoms with E-state index in [-0.39, 0.29) is 11.9 Å². The number of carbonyl (C=O) groups is 1. The molecule has 156 valence electrons. The van der Waals surface area contributed by atoms with Gasteiger partial charge < -0.3 is 5.32 Å². The Bertz CT molecular complexity index is 1220. The molecule has 4 aromatic heterocycles. The molecule has 30 heavy (non-hydrogen) atoms. The van der Waals surface area contributed by atoms with Gasteiger partial charge in [-0.05, 0) is 40.7 Å². The van der Waals surface area contributed by atoms with Crippen LogP contribution in [0.2, 0.25) is 0 Å². The first-order chi connectivity index (χ1) is 14.4. The standard InChI is InChI=1S/C21H26N8O/c1-6-27-14(4)16(11-23-27)13(3)25-21(30)18-10-20-22-9-8-19(29(20)26-18)17-12-24-28(7-2)15(17)5/h8-13H,6-7H2,1-5H3,(H,25,30). The lowest BCUT2D eigenvalue weighted by atomic mass is 10.1. The smallest absolute Gasteiger partial charge is 0.272 e. The monoisotopic (exact) mass is 406 g/mol. The van der Waals surface area contributed by atoms with Gasteiger partial charge in [-0.25, -0.2) is 9.50 Å². The van der Waals surface area contributed by atoms with Crippen LogP contribution in [0.5, 0.6) is 0 Å². The molecule has 4 rings (SSSR count). The molecule has 4 heterocycles. The van der Waals surface area contributed by atoms with Crippen LogP contribution in [0.25, 0.3) is 16.9 Å². The van der Waals surface area contributed by atoms with Crippen molar-refractivity contribution in [2.45, 2.75) is 53.8 Å². The molecule has 1 atom stereocenters. The van der Waals surface area contributed by atoms with Gasteiger partial charge in [-0.3, -0.25) is 14.2 Å². The number of nitrogens with zero attached hydrogens (tertiary/aromatic N) is 7. The molecule has 0 aliphatic rings. The molecule has 0 fully saturated rings. The van der Waals surface area contributed by atoms with E-state index in [1.54, 1.807) is 23.0 Å².